The molecular formula is C13H17NO3S2. The summed E-state index contributed by atoms with van der Waals surface area (Å²) < 4.78 is 4.57. The van der Waals surface area contributed by atoms with E-state index in [2.05, 4.69) is 10.8 Å². The Morgan fingerprint density at radius 2 is 2.16 bits per heavy atom. The Balaban J connectivity index is 2.04. The van der Waals surface area contributed by atoms with Crippen LogP contribution in [0.2, 0.25) is 0 Å². The first kappa shape index (κ1) is 14.5. The molecule has 1 aliphatic heterocycles. The fraction of sp³-hybridized carbons (Fsp3) is 0.615. The molecule has 1 saturated carbocycles. The average molecular weight is 299 g/mol. The summed E-state index contributed by atoms with van der Waals surface area (Å²) in [7, 11) is 1.30. The minimum atomic E-state index is -0.449. The van der Waals surface area contributed by atoms with E-state index < -0.39 is 5.97 Å². The van der Waals surface area contributed by atoms with Gasteiger partial charge in [-0.25, -0.2) is 0 Å². The number of rotatable bonds is 3. The summed E-state index contributed by atoms with van der Waals surface area (Å²) in [5, 5.41) is -0.183. The van der Waals surface area contributed by atoms with Crippen LogP contribution in [0, 0.1) is 5.92 Å². The van der Waals surface area contributed by atoms with E-state index in [1.807, 2.05) is 0 Å². The molecule has 1 heterocycles. The first-order valence-electron chi connectivity index (χ1n) is 6.44. The van der Waals surface area contributed by atoms with E-state index in [1.165, 1.54) is 31.3 Å². The third-order valence-electron chi connectivity index (χ3n) is 3.43. The van der Waals surface area contributed by atoms with Crippen LogP contribution in [-0.2, 0) is 9.53 Å². The van der Waals surface area contributed by atoms with Crippen LogP contribution >= 0.6 is 24.0 Å². The van der Waals surface area contributed by atoms with Gasteiger partial charge in [0.05, 0.1) is 7.11 Å². The molecule has 1 amide bonds. The molecule has 0 unspecified atom stereocenters. The Hall–Kier alpha value is -0.880. The van der Waals surface area contributed by atoms with Crippen molar-refractivity contribution in [2.24, 2.45) is 5.92 Å². The molecule has 0 atom stereocenters. The van der Waals surface area contributed by atoms with Crippen molar-refractivity contribution < 1.29 is 14.3 Å². The second-order valence-corrected chi connectivity index (χ2v) is 6.14. The van der Waals surface area contributed by atoms with E-state index >= 15 is 0 Å². The lowest BCUT2D eigenvalue weighted by Gasteiger charge is -2.18. The average Bonchev–Trinajstić information content (AvgIpc) is 2.67. The number of carbonyl (C=O) groups is 2. The molecule has 4 nitrogen and oxygen atoms in total. The van der Waals surface area contributed by atoms with E-state index in [4.69, 9.17) is 12.2 Å². The molecule has 2 aliphatic rings. The van der Waals surface area contributed by atoms with Gasteiger partial charge in [0.2, 0.25) is 0 Å². The molecule has 0 N–H and O–H groups in total. The summed E-state index contributed by atoms with van der Waals surface area (Å²) in [6.45, 7) is -0.0941. The highest BCUT2D eigenvalue weighted by molar-refractivity contribution is 8.19. The summed E-state index contributed by atoms with van der Waals surface area (Å²) in [5.74, 6) is 0.0651. The first-order chi connectivity index (χ1) is 9.11. The van der Waals surface area contributed by atoms with Crippen LogP contribution in [0.15, 0.2) is 11.0 Å². The molecule has 1 aliphatic carbocycles. The Morgan fingerprint density at radius 1 is 1.47 bits per heavy atom. The largest absolute Gasteiger partial charge is 0.468 e. The highest BCUT2D eigenvalue weighted by Gasteiger charge is 2.33. The SMILES string of the molecule is COC(=O)CN1C(=O)SC(=CC2CCCCC2)C1=S. The number of esters is 1. The number of hydrogen-bond donors (Lipinski definition) is 0. The number of hydrogen-bond acceptors (Lipinski definition) is 5. The van der Waals surface area contributed by atoms with Gasteiger partial charge < -0.3 is 4.74 Å². The number of carbonyl (C=O) groups excluding carboxylic acids is 2. The molecule has 0 aromatic carbocycles. The monoisotopic (exact) mass is 299 g/mol. The minimum absolute atomic E-state index is 0.0941. The number of ether oxygens (including phenoxy) is 1. The summed E-state index contributed by atoms with van der Waals surface area (Å²) in [6.07, 6.45) is 8.22. The number of nitrogens with zero attached hydrogens (tertiary/aromatic N) is 1. The van der Waals surface area contributed by atoms with Gasteiger partial charge in [0.1, 0.15) is 11.5 Å². The Morgan fingerprint density at radius 3 is 2.79 bits per heavy atom. The van der Waals surface area contributed by atoms with E-state index in [0.29, 0.717) is 10.9 Å². The lowest BCUT2D eigenvalue weighted by atomic mass is 9.89. The van der Waals surface area contributed by atoms with Gasteiger partial charge in [0.25, 0.3) is 5.24 Å². The Labute approximate surface area is 122 Å². The molecular weight excluding hydrogens is 282 g/mol. The van der Waals surface area contributed by atoms with Crippen molar-refractivity contribution in [2.75, 3.05) is 13.7 Å². The lowest BCUT2D eigenvalue weighted by Crippen LogP contribution is -2.33. The molecule has 2 fully saturated rings. The van der Waals surface area contributed by atoms with Crippen molar-refractivity contribution >= 4 is 40.2 Å². The summed E-state index contributed by atoms with van der Waals surface area (Å²) in [5.41, 5.74) is 0. The van der Waals surface area contributed by atoms with Gasteiger partial charge in [-0.05, 0) is 30.5 Å². The predicted molar refractivity (Wildman–Crippen MR) is 79.0 cm³/mol. The third-order valence-corrected chi connectivity index (χ3v) is 4.94. The quantitative estimate of drug-likeness (QED) is 0.455. The van der Waals surface area contributed by atoms with E-state index in [1.54, 1.807) is 0 Å². The molecule has 0 bridgehead atoms. The lowest BCUT2D eigenvalue weighted by molar-refractivity contribution is -0.140. The second-order valence-electron chi connectivity index (χ2n) is 4.76. The molecule has 104 valence electrons. The third kappa shape index (κ3) is 3.57. The maximum atomic E-state index is 11.8. The fourth-order valence-electron chi connectivity index (χ4n) is 2.36. The van der Waals surface area contributed by atoms with Gasteiger partial charge >= 0.3 is 5.97 Å². The maximum Gasteiger partial charge on any atom is 0.325 e. The molecule has 6 heteroatoms. The number of thiocarbonyl (C=S) groups is 1. The number of allylic oxidation sites excluding steroid dienone is 1. The summed E-state index contributed by atoms with van der Waals surface area (Å²) >= 11 is 6.41. The summed E-state index contributed by atoms with van der Waals surface area (Å²) in [6, 6.07) is 0. The van der Waals surface area contributed by atoms with Crippen LogP contribution in [0.25, 0.3) is 0 Å². The van der Waals surface area contributed by atoms with Crippen LogP contribution in [0.5, 0.6) is 0 Å². The highest BCUT2D eigenvalue weighted by Crippen LogP contribution is 2.35. The Kier molecular flexibility index (Phi) is 4.99. The van der Waals surface area contributed by atoms with Crippen molar-refractivity contribution in [3.8, 4) is 0 Å². The smallest absolute Gasteiger partial charge is 0.325 e. The number of amides is 1. The molecule has 0 radical (unpaired) electrons. The number of thioether (sulfide) groups is 1. The second kappa shape index (κ2) is 6.52. The minimum Gasteiger partial charge on any atom is -0.468 e. The molecule has 0 aromatic rings. The van der Waals surface area contributed by atoms with Crippen molar-refractivity contribution in [3.05, 3.63) is 11.0 Å². The molecule has 0 aromatic heterocycles. The zero-order valence-corrected chi connectivity index (χ0v) is 12.5. The number of methoxy groups -OCH3 is 1. The zero-order valence-electron chi connectivity index (χ0n) is 10.9. The zero-order chi connectivity index (χ0) is 13.8. The highest BCUT2D eigenvalue weighted by atomic mass is 32.2. The first-order valence-corrected chi connectivity index (χ1v) is 7.66. The molecule has 19 heavy (non-hydrogen) atoms. The van der Waals surface area contributed by atoms with Crippen LogP contribution < -0.4 is 0 Å². The topological polar surface area (TPSA) is 46.6 Å². The predicted octanol–water partition coefficient (Wildman–Crippen LogP) is 3.12. The summed E-state index contributed by atoms with van der Waals surface area (Å²) in [4.78, 5) is 25.7. The van der Waals surface area contributed by atoms with Crippen LogP contribution in [0.4, 0.5) is 4.79 Å². The van der Waals surface area contributed by atoms with Gasteiger partial charge in [0, 0.05) is 4.91 Å². The van der Waals surface area contributed by atoms with Crippen LogP contribution in [0.3, 0.4) is 0 Å². The maximum absolute atomic E-state index is 11.8. The van der Waals surface area contributed by atoms with Crippen molar-refractivity contribution in [2.45, 2.75) is 32.1 Å². The Bertz CT molecular complexity index is 428. The molecule has 2 rings (SSSR count). The fourth-order valence-corrected chi connectivity index (χ4v) is 3.67. The van der Waals surface area contributed by atoms with Gasteiger partial charge in [0.15, 0.2) is 0 Å². The van der Waals surface area contributed by atoms with Gasteiger partial charge in [-0.15, -0.1) is 0 Å². The van der Waals surface area contributed by atoms with E-state index in [-0.39, 0.29) is 11.8 Å². The van der Waals surface area contributed by atoms with Crippen molar-refractivity contribution in [1.29, 1.82) is 0 Å². The van der Waals surface area contributed by atoms with Gasteiger partial charge in [-0.2, -0.15) is 0 Å². The van der Waals surface area contributed by atoms with E-state index in [0.717, 1.165) is 29.5 Å². The van der Waals surface area contributed by atoms with E-state index in [9.17, 15) is 9.59 Å². The van der Waals surface area contributed by atoms with Gasteiger partial charge in [-0.1, -0.05) is 37.6 Å². The molecule has 0 spiro atoms. The van der Waals surface area contributed by atoms with Crippen LogP contribution in [-0.4, -0.2) is 34.8 Å². The van der Waals surface area contributed by atoms with Crippen LogP contribution in [0.1, 0.15) is 32.1 Å². The standard InChI is InChI=1S/C13H17NO3S2/c1-17-11(15)8-14-12(18)10(19-13(14)16)7-9-5-3-2-4-6-9/h7,9H,2-6,8H2,1H3. The molecule has 1 saturated heterocycles. The van der Waals surface area contributed by atoms with Crippen molar-refractivity contribution in [3.63, 3.8) is 0 Å². The van der Waals surface area contributed by atoms with Crippen molar-refractivity contribution in [1.82, 2.24) is 4.90 Å². The van der Waals surface area contributed by atoms with Gasteiger partial charge in [-0.3, -0.25) is 14.5 Å². The normalized spacial score (nSPS) is 23.2.